The summed E-state index contributed by atoms with van der Waals surface area (Å²) in [6.45, 7) is 1.77. The van der Waals surface area contributed by atoms with Crippen LogP contribution in [0, 0.1) is 12.7 Å². The Bertz CT molecular complexity index is 783. The van der Waals surface area contributed by atoms with Crippen LogP contribution in [-0.2, 0) is 0 Å². The lowest BCUT2D eigenvalue weighted by Gasteiger charge is -2.17. The van der Waals surface area contributed by atoms with Gasteiger partial charge in [-0.1, -0.05) is 36.4 Å². The van der Waals surface area contributed by atoms with Gasteiger partial charge in [0.1, 0.15) is 5.82 Å². The van der Waals surface area contributed by atoms with Crippen LogP contribution >= 0.6 is 0 Å². The number of benzene rings is 2. The van der Waals surface area contributed by atoms with Crippen LogP contribution in [0.1, 0.15) is 22.9 Å². The van der Waals surface area contributed by atoms with E-state index in [1.807, 2.05) is 49.5 Å². The molecule has 1 aromatic heterocycles. The van der Waals surface area contributed by atoms with E-state index in [1.165, 1.54) is 0 Å². The first-order chi connectivity index (χ1) is 10.2. The molecule has 3 aromatic rings. The SMILES string of the molecule is CNC(c1ccc(C)c(F)c1)c1ccc2ccccc2n1. The Morgan fingerprint density at radius 2 is 1.86 bits per heavy atom. The maximum absolute atomic E-state index is 13.8. The molecular weight excluding hydrogens is 263 g/mol. The molecule has 0 radical (unpaired) electrons. The fourth-order valence-electron chi connectivity index (χ4n) is 2.52. The molecule has 0 aliphatic carbocycles. The van der Waals surface area contributed by atoms with E-state index in [-0.39, 0.29) is 11.9 Å². The maximum Gasteiger partial charge on any atom is 0.126 e. The van der Waals surface area contributed by atoms with Crippen molar-refractivity contribution in [3.05, 3.63) is 77.2 Å². The lowest BCUT2D eigenvalue weighted by molar-refractivity contribution is 0.606. The number of nitrogens with zero attached hydrogens (tertiary/aromatic N) is 1. The largest absolute Gasteiger partial charge is 0.308 e. The lowest BCUT2D eigenvalue weighted by atomic mass is 10.0. The number of nitrogens with one attached hydrogen (secondary N) is 1. The molecule has 1 atom stereocenters. The fraction of sp³-hybridized carbons (Fsp3) is 0.167. The third kappa shape index (κ3) is 2.65. The first-order valence-corrected chi connectivity index (χ1v) is 6.98. The Balaban J connectivity index is 2.06. The van der Waals surface area contributed by atoms with Gasteiger partial charge >= 0.3 is 0 Å². The highest BCUT2D eigenvalue weighted by Gasteiger charge is 2.15. The molecule has 106 valence electrons. The lowest BCUT2D eigenvalue weighted by Crippen LogP contribution is -2.19. The van der Waals surface area contributed by atoms with Crippen molar-refractivity contribution >= 4 is 10.9 Å². The molecular formula is C18H17FN2. The minimum atomic E-state index is -0.187. The van der Waals surface area contributed by atoms with Crippen molar-refractivity contribution in [2.45, 2.75) is 13.0 Å². The number of rotatable bonds is 3. The number of pyridine rings is 1. The number of halogens is 1. The highest BCUT2D eigenvalue weighted by Crippen LogP contribution is 2.24. The molecule has 1 heterocycles. The molecule has 3 heteroatoms. The van der Waals surface area contributed by atoms with Crippen molar-refractivity contribution in [2.24, 2.45) is 0 Å². The zero-order valence-corrected chi connectivity index (χ0v) is 12.1. The molecule has 0 saturated carbocycles. The molecule has 1 unspecified atom stereocenters. The second kappa shape index (κ2) is 5.62. The van der Waals surface area contributed by atoms with Crippen LogP contribution in [0.2, 0.25) is 0 Å². The zero-order valence-electron chi connectivity index (χ0n) is 12.1. The molecule has 0 aliphatic heterocycles. The number of hydrogen-bond donors (Lipinski definition) is 1. The Morgan fingerprint density at radius 1 is 1.05 bits per heavy atom. The van der Waals surface area contributed by atoms with Gasteiger partial charge in [-0.05, 0) is 43.3 Å². The molecule has 0 amide bonds. The molecule has 0 fully saturated rings. The average Bonchev–Trinajstić information content (AvgIpc) is 2.51. The molecule has 2 nitrogen and oxygen atoms in total. The Morgan fingerprint density at radius 3 is 2.62 bits per heavy atom. The Labute approximate surface area is 123 Å². The van der Waals surface area contributed by atoms with E-state index in [9.17, 15) is 4.39 Å². The molecule has 0 bridgehead atoms. The van der Waals surface area contributed by atoms with E-state index in [0.29, 0.717) is 5.56 Å². The quantitative estimate of drug-likeness (QED) is 0.784. The van der Waals surface area contributed by atoms with Gasteiger partial charge in [-0.25, -0.2) is 4.39 Å². The fourth-order valence-corrected chi connectivity index (χ4v) is 2.52. The second-order valence-corrected chi connectivity index (χ2v) is 5.16. The standard InChI is InChI=1S/C18H17FN2/c1-12-7-8-14(11-15(12)19)18(20-2)17-10-9-13-5-3-4-6-16(13)21-17/h3-11,18,20H,1-2H3. The minimum Gasteiger partial charge on any atom is -0.308 e. The van der Waals surface area contributed by atoms with Crippen LogP contribution in [0.15, 0.2) is 54.6 Å². The van der Waals surface area contributed by atoms with E-state index in [0.717, 1.165) is 22.2 Å². The molecule has 0 saturated heterocycles. The van der Waals surface area contributed by atoms with Crippen molar-refractivity contribution in [3.63, 3.8) is 0 Å². The van der Waals surface area contributed by atoms with Gasteiger partial charge in [0.15, 0.2) is 0 Å². The van der Waals surface area contributed by atoms with Gasteiger partial charge in [0, 0.05) is 5.39 Å². The number of aryl methyl sites for hydroxylation is 1. The third-order valence-corrected chi connectivity index (χ3v) is 3.73. The number of hydrogen-bond acceptors (Lipinski definition) is 2. The van der Waals surface area contributed by atoms with Gasteiger partial charge in [0.05, 0.1) is 17.3 Å². The monoisotopic (exact) mass is 280 g/mol. The number of fused-ring (bicyclic) bond motifs is 1. The van der Waals surface area contributed by atoms with E-state index in [4.69, 9.17) is 0 Å². The smallest absolute Gasteiger partial charge is 0.126 e. The summed E-state index contributed by atoms with van der Waals surface area (Å²) in [6, 6.07) is 17.2. The van der Waals surface area contributed by atoms with Gasteiger partial charge in [0.2, 0.25) is 0 Å². The maximum atomic E-state index is 13.8. The van der Waals surface area contributed by atoms with Crippen molar-refractivity contribution < 1.29 is 4.39 Å². The summed E-state index contributed by atoms with van der Waals surface area (Å²) >= 11 is 0. The van der Waals surface area contributed by atoms with E-state index in [1.54, 1.807) is 19.1 Å². The van der Waals surface area contributed by atoms with Crippen LogP contribution in [0.25, 0.3) is 10.9 Å². The van der Waals surface area contributed by atoms with Gasteiger partial charge in [-0.3, -0.25) is 4.98 Å². The van der Waals surface area contributed by atoms with Crippen LogP contribution in [-0.4, -0.2) is 12.0 Å². The van der Waals surface area contributed by atoms with Crippen molar-refractivity contribution in [1.29, 1.82) is 0 Å². The van der Waals surface area contributed by atoms with E-state index >= 15 is 0 Å². The van der Waals surface area contributed by atoms with Crippen LogP contribution in [0.5, 0.6) is 0 Å². The Kier molecular flexibility index (Phi) is 3.67. The normalized spacial score (nSPS) is 12.5. The minimum absolute atomic E-state index is 0.121. The van der Waals surface area contributed by atoms with Crippen LogP contribution < -0.4 is 5.32 Å². The summed E-state index contributed by atoms with van der Waals surface area (Å²) < 4.78 is 13.8. The first-order valence-electron chi connectivity index (χ1n) is 6.98. The first kappa shape index (κ1) is 13.7. The van der Waals surface area contributed by atoms with Crippen molar-refractivity contribution in [1.82, 2.24) is 10.3 Å². The van der Waals surface area contributed by atoms with E-state index < -0.39 is 0 Å². The predicted molar refractivity (Wildman–Crippen MR) is 83.8 cm³/mol. The van der Waals surface area contributed by atoms with Crippen molar-refractivity contribution in [3.8, 4) is 0 Å². The van der Waals surface area contributed by atoms with Gasteiger partial charge in [-0.15, -0.1) is 0 Å². The molecule has 1 N–H and O–H groups in total. The average molecular weight is 280 g/mol. The molecule has 0 spiro atoms. The predicted octanol–water partition coefficient (Wildman–Crippen LogP) is 3.99. The second-order valence-electron chi connectivity index (χ2n) is 5.16. The topological polar surface area (TPSA) is 24.9 Å². The van der Waals surface area contributed by atoms with Gasteiger partial charge < -0.3 is 5.32 Å². The summed E-state index contributed by atoms with van der Waals surface area (Å²) in [5.74, 6) is -0.187. The zero-order chi connectivity index (χ0) is 14.8. The van der Waals surface area contributed by atoms with Gasteiger partial charge in [-0.2, -0.15) is 0 Å². The molecule has 2 aromatic carbocycles. The summed E-state index contributed by atoms with van der Waals surface area (Å²) in [5.41, 5.74) is 3.37. The molecule has 0 aliphatic rings. The molecule has 21 heavy (non-hydrogen) atoms. The molecule has 3 rings (SSSR count). The summed E-state index contributed by atoms with van der Waals surface area (Å²) in [5, 5.41) is 4.32. The third-order valence-electron chi connectivity index (χ3n) is 3.73. The summed E-state index contributed by atoms with van der Waals surface area (Å²) in [4.78, 5) is 4.69. The highest BCUT2D eigenvalue weighted by atomic mass is 19.1. The highest BCUT2D eigenvalue weighted by molar-refractivity contribution is 5.78. The number of aromatic nitrogens is 1. The summed E-state index contributed by atoms with van der Waals surface area (Å²) in [6.07, 6.45) is 0. The number of para-hydroxylation sites is 1. The van der Waals surface area contributed by atoms with Crippen LogP contribution in [0.3, 0.4) is 0 Å². The van der Waals surface area contributed by atoms with Crippen LogP contribution in [0.4, 0.5) is 4.39 Å². The van der Waals surface area contributed by atoms with Gasteiger partial charge in [0.25, 0.3) is 0 Å². The van der Waals surface area contributed by atoms with E-state index in [2.05, 4.69) is 10.3 Å². The Hall–Kier alpha value is -2.26. The van der Waals surface area contributed by atoms with Crippen molar-refractivity contribution in [2.75, 3.05) is 7.05 Å². The summed E-state index contributed by atoms with van der Waals surface area (Å²) in [7, 11) is 1.86.